The number of rotatable bonds is 24. The predicted molar refractivity (Wildman–Crippen MR) is 129 cm³/mol. The SMILES string of the molecule is CCCCCCCCCCCCCCC(=O)NCC(CC)OCCN(CCO)CCO. The number of aliphatic hydroxyl groups excluding tert-OH is 2. The molecule has 0 fully saturated rings. The summed E-state index contributed by atoms with van der Waals surface area (Å²) in [5.41, 5.74) is 0. The summed E-state index contributed by atoms with van der Waals surface area (Å²) in [6.07, 6.45) is 17.1. The first-order valence-corrected chi connectivity index (χ1v) is 13.0. The minimum Gasteiger partial charge on any atom is -0.395 e. The van der Waals surface area contributed by atoms with Crippen LogP contribution in [0.1, 0.15) is 104 Å². The molecule has 186 valence electrons. The second-order valence-electron chi connectivity index (χ2n) is 8.63. The fraction of sp³-hybridized carbons (Fsp3) is 0.960. The van der Waals surface area contributed by atoms with Gasteiger partial charge in [-0.1, -0.05) is 84.5 Å². The first kappa shape index (κ1) is 30.3. The maximum Gasteiger partial charge on any atom is 0.220 e. The van der Waals surface area contributed by atoms with Crippen LogP contribution >= 0.6 is 0 Å². The Morgan fingerprint density at radius 3 is 1.81 bits per heavy atom. The van der Waals surface area contributed by atoms with E-state index in [-0.39, 0.29) is 25.2 Å². The van der Waals surface area contributed by atoms with Gasteiger partial charge in [0.2, 0.25) is 5.91 Å². The van der Waals surface area contributed by atoms with Gasteiger partial charge in [0.1, 0.15) is 0 Å². The van der Waals surface area contributed by atoms with Gasteiger partial charge < -0.3 is 20.3 Å². The van der Waals surface area contributed by atoms with Crippen molar-refractivity contribution in [3.63, 3.8) is 0 Å². The van der Waals surface area contributed by atoms with Gasteiger partial charge in [-0.15, -0.1) is 0 Å². The van der Waals surface area contributed by atoms with E-state index in [2.05, 4.69) is 19.2 Å². The summed E-state index contributed by atoms with van der Waals surface area (Å²) in [6.45, 7) is 7.30. The standard InChI is InChI=1S/C25H52N2O4/c1-3-5-6-7-8-9-10-11-12-13-14-15-16-25(30)26-23-24(4-2)31-22-19-27(17-20-28)18-21-29/h24,28-29H,3-23H2,1-2H3,(H,26,30). The number of aliphatic hydroxyl groups is 2. The predicted octanol–water partition coefficient (Wildman–Crippen LogP) is 4.28. The van der Waals surface area contributed by atoms with Gasteiger partial charge in [-0.05, 0) is 12.8 Å². The summed E-state index contributed by atoms with van der Waals surface area (Å²) in [4.78, 5) is 14.0. The largest absolute Gasteiger partial charge is 0.395 e. The van der Waals surface area contributed by atoms with Crippen molar-refractivity contribution in [2.45, 2.75) is 110 Å². The number of hydrogen-bond acceptors (Lipinski definition) is 5. The molecule has 0 heterocycles. The van der Waals surface area contributed by atoms with Gasteiger partial charge in [0.25, 0.3) is 0 Å². The molecule has 0 spiro atoms. The molecule has 1 atom stereocenters. The Bertz CT molecular complexity index is 377. The van der Waals surface area contributed by atoms with Crippen LogP contribution in [-0.2, 0) is 9.53 Å². The number of amides is 1. The number of nitrogens with one attached hydrogen (secondary N) is 1. The third-order valence-electron chi connectivity index (χ3n) is 5.83. The van der Waals surface area contributed by atoms with Crippen LogP contribution in [0, 0.1) is 0 Å². The Kier molecular flexibility index (Phi) is 23.4. The fourth-order valence-corrected chi connectivity index (χ4v) is 3.73. The van der Waals surface area contributed by atoms with Gasteiger partial charge in [-0.3, -0.25) is 9.69 Å². The molecule has 6 heteroatoms. The number of unbranched alkanes of at least 4 members (excludes halogenated alkanes) is 11. The number of nitrogens with zero attached hydrogens (tertiary/aromatic N) is 1. The van der Waals surface area contributed by atoms with Crippen LogP contribution in [0.5, 0.6) is 0 Å². The molecule has 1 unspecified atom stereocenters. The molecule has 0 aromatic carbocycles. The molecule has 1 amide bonds. The molecule has 31 heavy (non-hydrogen) atoms. The molecule has 0 rings (SSSR count). The van der Waals surface area contributed by atoms with E-state index in [1.807, 2.05) is 4.90 Å². The Morgan fingerprint density at radius 2 is 1.32 bits per heavy atom. The maximum absolute atomic E-state index is 12.1. The van der Waals surface area contributed by atoms with E-state index in [0.29, 0.717) is 39.2 Å². The van der Waals surface area contributed by atoms with Gasteiger partial charge in [-0.2, -0.15) is 0 Å². The van der Waals surface area contributed by atoms with E-state index >= 15 is 0 Å². The van der Waals surface area contributed by atoms with E-state index in [1.165, 1.54) is 64.2 Å². The van der Waals surface area contributed by atoms with Gasteiger partial charge in [0.05, 0.1) is 25.9 Å². The smallest absolute Gasteiger partial charge is 0.220 e. The molecule has 0 aromatic rings. The molecule has 0 aliphatic carbocycles. The molecule has 0 aliphatic rings. The van der Waals surface area contributed by atoms with Crippen LogP contribution in [0.4, 0.5) is 0 Å². The van der Waals surface area contributed by atoms with E-state index in [1.54, 1.807) is 0 Å². The highest BCUT2D eigenvalue weighted by molar-refractivity contribution is 5.75. The summed E-state index contributed by atoms with van der Waals surface area (Å²) in [5, 5.41) is 21.1. The highest BCUT2D eigenvalue weighted by Crippen LogP contribution is 2.12. The minimum atomic E-state index is 0.0102. The summed E-state index contributed by atoms with van der Waals surface area (Å²) >= 11 is 0. The summed E-state index contributed by atoms with van der Waals surface area (Å²) in [5.74, 6) is 0.122. The van der Waals surface area contributed by atoms with Crippen LogP contribution in [0.25, 0.3) is 0 Å². The average Bonchev–Trinajstić information content (AvgIpc) is 2.77. The summed E-state index contributed by atoms with van der Waals surface area (Å²) in [6, 6.07) is 0. The van der Waals surface area contributed by atoms with Gasteiger partial charge >= 0.3 is 0 Å². The lowest BCUT2D eigenvalue weighted by Gasteiger charge is -2.22. The van der Waals surface area contributed by atoms with E-state index in [9.17, 15) is 4.79 Å². The second-order valence-corrected chi connectivity index (χ2v) is 8.63. The van der Waals surface area contributed by atoms with Crippen molar-refractivity contribution >= 4 is 5.91 Å². The molecule has 0 saturated carbocycles. The zero-order valence-electron chi connectivity index (χ0n) is 20.6. The minimum absolute atomic E-state index is 0.0102. The first-order chi connectivity index (χ1) is 15.2. The zero-order chi connectivity index (χ0) is 23.0. The Labute approximate surface area is 192 Å². The highest BCUT2D eigenvalue weighted by Gasteiger charge is 2.10. The quantitative estimate of drug-likeness (QED) is 0.194. The lowest BCUT2D eigenvalue weighted by atomic mass is 10.0. The van der Waals surface area contributed by atoms with Crippen molar-refractivity contribution in [2.75, 3.05) is 46.0 Å². The third-order valence-corrected chi connectivity index (χ3v) is 5.83. The lowest BCUT2D eigenvalue weighted by Crippen LogP contribution is -2.37. The molecule has 3 N–H and O–H groups in total. The van der Waals surface area contributed by atoms with Crippen molar-refractivity contribution in [1.29, 1.82) is 0 Å². The van der Waals surface area contributed by atoms with Crippen molar-refractivity contribution in [3.8, 4) is 0 Å². The van der Waals surface area contributed by atoms with Gasteiger partial charge in [0, 0.05) is 32.6 Å². The summed E-state index contributed by atoms with van der Waals surface area (Å²) in [7, 11) is 0. The van der Waals surface area contributed by atoms with Crippen LogP contribution in [-0.4, -0.2) is 73.1 Å². The Morgan fingerprint density at radius 1 is 0.806 bits per heavy atom. The van der Waals surface area contributed by atoms with Crippen molar-refractivity contribution < 1.29 is 19.7 Å². The van der Waals surface area contributed by atoms with E-state index in [4.69, 9.17) is 14.9 Å². The molecule has 0 radical (unpaired) electrons. The first-order valence-electron chi connectivity index (χ1n) is 13.0. The number of carbonyl (C=O) groups excluding carboxylic acids is 1. The van der Waals surface area contributed by atoms with Crippen LogP contribution in [0.2, 0.25) is 0 Å². The maximum atomic E-state index is 12.1. The van der Waals surface area contributed by atoms with Gasteiger partial charge in [0.15, 0.2) is 0 Å². The molecule has 0 aromatic heterocycles. The molecular formula is C25H52N2O4. The Balaban J connectivity index is 3.59. The normalized spacial score (nSPS) is 12.4. The van der Waals surface area contributed by atoms with Crippen LogP contribution < -0.4 is 5.32 Å². The molecule has 0 aliphatic heterocycles. The molecule has 0 saturated heterocycles. The van der Waals surface area contributed by atoms with Crippen LogP contribution in [0.3, 0.4) is 0 Å². The number of hydrogen-bond donors (Lipinski definition) is 3. The summed E-state index contributed by atoms with van der Waals surface area (Å²) < 4.78 is 5.86. The Hall–Kier alpha value is -0.690. The monoisotopic (exact) mass is 444 g/mol. The number of carbonyl (C=O) groups is 1. The fourth-order valence-electron chi connectivity index (χ4n) is 3.73. The lowest BCUT2D eigenvalue weighted by molar-refractivity contribution is -0.121. The third kappa shape index (κ3) is 20.9. The van der Waals surface area contributed by atoms with Crippen LogP contribution in [0.15, 0.2) is 0 Å². The van der Waals surface area contributed by atoms with Crippen molar-refractivity contribution in [1.82, 2.24) is 10.2 Å². The zero-order valence-corrected chi connectivity index (χ0v) is 20.6. The average molecular weight is 445 g/mol. The van der Waals surface area contributed by atoms with E-state index < -0.39 is 0 Å². The second kappa shape index (κ2) is 24.0. The van der Waals surface area contributed by atoms with Crippen molar-refractivity contribution in [3.05, 3.63) is 0 Å². The number of ether oxygens (including phenoxy) is 1. The van der Waals surface area contributed by atoms with E-state index in [0.717, 1.165) is 19.3 Å². The molecular weight excluding hydrogens is 392 g/mol. The molecule has 0 bridgehead atoms. The topological polar surface area (TPSA) is 82.0 Å². The molecule has 6 nitrogen and oxygen atoms in total. The van der Waals surface area contributed by atoms with Gasteiger partial charge in [-0.25, -0.2) is 0 Å². The van der Waals surface area contributed by atoms with Crippen molar-refractivity contribution in [2.24, 2.45) is 0 Å². The highest BCUT2D eigenvalue weighted by atomic mass is 16.5.